The van der Waals surface area contributed by atoms with Crippen molar-refractivity contribution in [3.63, 3.8) is 0 Å². The quantitative estimate of drug-likeness (QED) is 0.254. The lowest BCUT2D eigenvalue weighted by atomic mass is 13.1. The van der Waals surface area contributed by atoms with Gasteiger partial charge in [0.15, 0.2) is 5.34 Å². The predicted molar refractivity (Wildman–Crippen MR) is 16.4 cm³/mol. The molecular weight excluding hydrogens is 108 g/mol. The first kappa shape index (κ1) is 9.14. The second kappa shape index (κ2) is 8.82. The van der Waals surface area contributed by atoms with E-state index in [1.54, 1.807) is 0 Å². The van der Waals surface area contributed by atoms with Gasteiger partial charge in [-0.1, -0.05) is 0 Å². The molecule has 0 aromatic carbocycles. The summed E-state index contributed by atoms with van der Waals surface area (Å²) < 4.78 is 0. The summed E-state index contributed by atoms with van der Waals surface area (Å²) >= 11 is 0. The highest BCUT2D eigenvalue weighted by molar-refractivity contribution is 3.84. The van der Waals surface area contributed by atoms with E-state index >= 15 is 0 Å². The van der Waals surface area contributed by atoms with Crippen LogP contribution in [0.4, 0.5) is 0 Å². The van der Waals surface area contributed by atoms with Crippen LogP contribution in [-0.2, 0) is 0 Å². The molecule has 0 unspecified atom stereocenters. The summed E-state index contributed by atoms with van der Waals surface area (Å²) in [6.45, 7) is 0. The van der Waals surface area contributed by atoms with Crippen molar-refractivity contribution in [3.8, 4) is 0 Å². The van der Waals surface area contributed by atoms with E-state index in [1.165, 1.54) is 5.34 Å². The van der Waals surface area contributed by atoms with Gasteiger partial charge < -0.3 is 10.4 Å². The van der Waals surface area contributed by atoms with E-state index in [-0.39, 0.29) is 0 Å². The first-order chi connectivity index (χ1) is 3.15. The van der Waals surface area contributed by atoms with E-state index in [0.717, 1.165) is 0 Å². The fourth-order valence-electron chi connectivity index (χ4n) is 0. The molecule has 7 nitrogen and oxygen atoms in total. The molecule has 0 atom stereocenters. The third-order valence-corrected chi connectivity index (χ3v) is 0. The lowest BCUT2D eigenvalue weighted by Crippen LogP contribution is -1.81. The van der Waals surface area contributed by atoms with Crippen molar-refractivity contribution >= 4 is 0 Å². The van der Waals surface area contributed by atoms with Crippen molar-refractivity contribution < 1.29 is 15.5 Å². The highest BCUT2D eigenvalue weighted by Crippen LogP contribution is 1.38. The Labute approximate surface area is 37.2 Å². The van der Waals surface area contributed by atoms with Gasteiger partial charge in [0.25, 0.3) is 5.09 Å². The fourth-order valence-corrected chi connectivity index (χ4v) is 0. The van der Waals surface area contributed by atoms with Gasteiger partial charge in [-0.25, -0.2) is 0 Å². The van der Waals surface area contributed by atoms with Gasteiger partial charge in [0.05, 0.1) is 0 Å². The smallest absolute Gasteiger partial charge is 0.291 e. The Morgan fingerprint density at radius 1 is 1.71 bits per heavy atom. The summed E-state index contributed by atoms with van der Waals surface area (Å²) in [6, 6.07) is 0. The molecule has 7 heavy (non-hydrogen) atoms. The first-order valence-corrected chi connectivity index (χ1v) is 0.948. The number of hydrogen-bond donors (Lipinski definition) is 2. The molecule has 0 amide bonds. The monoisotopic (exact) mass is 110 g/mol. The maximum Gasteiger partial charge on any atom is 0.291 e. The van der Waals surface area contributed by atoms with E-state index in [4.69, 9.17) is 25.4 Å². The zero-order valence-electron chi connectivity index (χ0n) is 3.01. The Kier molecular flexibility index (Phi) is 11.5. The molecule has 0 saturated heterocycles. The van der Waals surface area contributed by atoms with E-state index in [9.17, 15) is 0 Å². The second-order valence-corrected chi connectivity index (χ2v) is 0.319. The normalized spacial score (nSPS) is 5.14. The zero-order chi connectivity index (χ0) is 6.28. The predicted octanol–water partition coefficient (Wildman–Crippen LogP) is -0.206. The van der Waals surface area contributed by atoms with Crippen LogP contribution in [-0.4, -0.2) is 15.5 Å². The summed E-state index contributed by atoms with van der Waals surface area (Å²) in [5, 5.41) is 21.5. The minimum Gasteiger partial charge on any atom is -0.379 e. The Hall–Kier alpha value is -1.40. The zero-order valence-corrected chi connectivity index (χ0v) is 3.01. The maximum atomic E-state index is 8.36. The van der Waals surface area contributed by atoms with Crippen LogP contribution in [0.2, 0.25) is 0 Å². The summed E-state index contributed by atoms with van der Waals surface area (Å²) in [5.41, 5.74) is 0. The highest BCUT2D eigenvalue weighted by Gasteiger charge is 1.65. The highest BCUT2D eigenvalue weighted by atomic mass is 16.9. The Bertz CT molecular complexity index is 53.1. The van der Waals surface area contributed by atoms with Crippen LogP contribution >= 0.6 is 0 Å². The minimum atomic E-state index is -1.50. The molecule has 0 aliphatic heterocycles. The van der Waals surface area contributed by atoms with Gasteiger partial charge in [-0.3, -0.25) is 0 Å². The molecule has 0 spiro atoms. The van der Waals surface area contributed by atoms with E-state index in [1.807, 2.05) is 0 Å². The molecule has 0 radical (unpaired) electrons. The topological polar surface area (TPSA) is 113 Å². The van der Waals surface area contributed by atoms with Crippen LogP contribution in [0.1, 0.15) is 0 Å². The lowest BCUT2D eigenvalue weighted by molar-refractivity contribution is -0.742. The number of rotatable bonds is 0. The van der Waals surface area contributed by atoms with Crippen molar-refractivity contribution in [2.45, 2.75) is 0 Å². The SMILES string of the molecule is O=NO.O=[N+]([O-])O. The van der Waals surface area contributed by atoms with Crippen LogP contribution in [0.5, 0.6) is 0 Å². The summed E-state index contributed by atoms with van der Waals surface area (Å²) in [7, 11) is 0. The molecule has 0 rings (SSSR count). The molecule has 2 N–H and O–H groups in total. The van der Waals surface area contributed by atoms with Gasteiger partial charge in [-0.15, -0.1) is 15.0 Å². The van der Waals surface area contributed by atoms with Crippen LogP contribution < -0.4 is 0 Å². The van der Waals surface area contributed by atoms with Crippen molar-refractivity contribution in [1.82, 2.24) is 0 Å². The number of nitrogens with zero attached hydrogens (tertiary/aromatic N) is 2. The second-order valence-electron chi connectivity index (χ2n) is 0.319. The molecule has 0 saturated carbocycles. The van der Waals surface area contributed by atoms with Gasteiger partial charge in [0, 0.05) is 0 Å². The van der Waals surface area contributed by atoms with Crippen molar-refractivity contribution in [3.05, 3.63) is 15.0 Å². The van der Waals surface area contributed by atoms with Crippen molar-refractivity contribution in [2.75, 3.05) is 0 Å². The molecule has 0 aromatic heterocycles. The molecule has 0 aromatic rings. The molecule has 0 heterocycles. The first-order valence-electron chi connectivity index (χ1n) is 0.948. The third kappa shape index (κ3) is 15.9. The van der Waals surface area contributed by atoms with Crippen LogP contribution in [0, 0.1) is 15.0 Å². The summed E-state index contributed by atoms with van der Waals surface area (Å²) in [5.74, 6) is 0. The fraction of sp³-hybridized carbons (Fsp3) is 0. The van der Waals surface area contributed by atoms with Crippen LogP contribution in [0.15, 0.2) is 5.34 Å². The Morgan fingerprint density at radius 2 is 1.71 bits per heavy atom. The number of hydrogen-bond acceptors (Lipinski definition) is 4. The van der Waals surface area contributed by atoms with Gasteiger partial charge in [-0.2, -0.15) is 0 Å². The Balaban J connectivity index is 0. The van der Waals surface area contributed by atoms with Gasteiger partial charge >= 0.3 is 0 Å². The molecular formula is H2N2O5. The van der Waals surface area contributed by atoms with E-state index in [2.05, 4.69) is 0 Å². The van der Waals surface area contributed by atoms with E-state index in [0.29, 0.717) is 0 Å². The Morgan fingerprint density at radius 3 is 1.71 bits per heavy atom. The third-order valence-electron chi connectivity index (χ3n) is 0. The van der Waals surface area contributed by atoms with Gasteiger partial charge in [0.2, 0.25) is 0 Å². The molecule has 0 aliphatic carbocycles. The lowest BCUT2D eigenvalue weighted by Gasteiger charge is -1.56. The minimum absolute atomic E-state index is 1.25. The maximum absolute atomic E-state index is 8.36. The average Bonchev–Trinajstić information content (AvgIpc) is 1.33. The average molecular weight is 110 g/mol. The standard InChI is InChI=1S/HNO3.HNO2/c2-1(3)4;2-1-3/h(H,2,3,4);(H,2,3). The van der Waals surface area contributed by atoms with E-state index < -0.39 is 5.09 Å². The summed E-state index contributed by atoms with van der Waals surface area (Å²) in [6.07, 6.45) is 0. The molecule has 0 aliphatic rings. The molecule has 0 fully saturated rings. The molecule has 0 bridgehead atoms. The van der Waals surface area contributed by atoms with Crippen molar-refractivity contribution in [2.24, 2.45) is 5.34 Å². The largest absolute Gasteiger partial charge is 0.379 e. The molecule has 42 valence electrons. The van der Waals surface area contributed by atoms with Gasteiger partial charge in [-0.05, 0) is 0 Å². The molecule has 7 heteroatoms. The van der Waals surface area contributed by atoms with Crippen LogP contribution in [0.3, 0.4) is 0 Å². The van der Waals surface area contributed by atoms with Crippen LogP contribution in [0.25, 0.3) is 0 Å². The van der Waals surface area contributed by atoms with Gasteiger partial charge in [0.1, 0.15) is 0 Å². The van der Waals surface area contributed by atoms with Crippen molar-refractivity contribution in [1.29, 1.82) is 0 Å². The summed E-state index contributed by atoms with van der Waals surface area (Å²) in [4.78, 5) is 16.5.